The molecule has 34 heavy (non-hydrogen) atoms. The average Bonchev–Trinajstić information content (AvgIpc) is 2.78. The molecule has 1 rings (SSSR count). The second-order valence-electron chi connectivity index (χ2n) is 7.47. The summed E-state index contributed by atoms with van der Waals surface area (Å²) in [5, 5.41) is 24.8. The molecular weight excluding hydrogens is 450 g/mol. The van der Waals surface area contributed by atoms with Crippen LogP contribution in [0.4, 0.5) is 0 Å². The number of carbonyl (C=O) groups is 6. The maximum Gasteiger partial charge on any atom is 0.326 e. The Labute approximate surface area is 195 Å². The van der Waals surface area contributed by atoms with Crippen LogP contribution in [0.5, 0.6) is 0 Å². The number of carboxylic acids is 2. The van der Waals surface area contributed by atoms with Gasteiger partial charge in [0.1, 0.15) is 12.1 Å². The molecule has 3 atom stereocenters. The average molecular weight is 479 g/mol. The van der Waals surface area contributed by atoms with E-state index in [2.05, 4.69) is 16.0 Å². The van der Waals surface area contributed by atoms with Crippen molar-refractivity contribution in [2.24, 2.45) is 11.5 Å². The minimum absolute atomic E-state index is 0.0576. The lowest BCUT2D eigenvalue weighted by Crippen LogP contribution is -2.54. The minimum Gasteiger partial charge on any atom is -0.481 e. The number of hydrogen-bond donors (Lipinski definition) is 7. The Kier molecular flexibility index (Phi) is 11.7. The number of nitrogens with one attached hydrogen (secondary N) is 3. The summed E-state index contributed by atoms with van der Waals surface area (Å²) in [4.78, 5) is 69.9. The molecule has 0 aromatic heterocycles. The lowest BCUT2D eigenvalue weighted by atomic mass is 10.0. The van der Waals surface area contributed by atoms with Crippen LogP contribution in [0.1, 0.15) is 31.2 Å². The largest absolute Gasteiger partial charge is 0.481 e. The Morgan fingerprint density at radius 3 is 2.06 bits per heavy atom. The molecular formula is C21H29N5O8. The maximum absolute atomic E-state index is 12.7. The van der Waals surface area contributed by atoms with Crippen LogP contribution >= 0.6 is 0 Å². The van der Waals surface area contributed by atoms with Gasteiger partial charge in [0.15, 0.2) is 0 Å². The Bertz CT molecular complexity index is 892. The quantitative estimate of drug-likeness (QED) is 0.145. The fourth-order valence-electron chi connectivity index (χ4n) is 2.83. The van der Waals surface area contributed by atoms with Crippen molar-refractivity contribution >= 4 is 35.6 Å². The van der Waals surface area contributed by atoms with Crippen molar-refractivity contribution in [3.05, 3.63) is 35.9 Å². The number of rotatable bonds is 15. The van der Waals surface area contributed by atoms with Gasteiger partial charge in [0, 0.05) is 19.3 Å². The topological polar surface area (TPSA) is 231 Å². The molecule has 0 bridgehead atoms. The fourth-order valence-corrected chi connectivity index (χ4v) is 2.83. The summed E-state index contributed by atoms with van der Waals surface area (Å²) in [7, 11) is 0. The molecule has 0 saturated heterocycles. The van der Waals surface area contributed by atoms with Crippen molar-refractivity contribution in [3.8, 4) is 0 Å². The summed E-state index contributed by atoms with van der Waals surface area (Å²) < 4.78 is 0. The zero-order valence-electron chi connectivity index (χ0n) is 18.4. The van der Waals surface area contributed by atoms with Gasteiger partial charge in [-0.1, -0.05) is 30.3 Å². The molecule has 0 aliphatic carbocycles. The summed E-state index contributed by atoms with van der Waals surface area (Å²) in [6, 6.07) is 5.01. The fraction of sp³-hybridized carbons (Fsp3) is 0.429. The van der Waals surface area contributed by atoms with Crippen molar-refractivity contribution < 1.29 is 39.0 Å². The first-order valence-electron chi connectivity index (χ1n) is 10.4. The van der Waals surface area contributed by atoms with E-state index in [1.54, 1.807) is 30.3 Å². The van der Waals surface area contributed by atoms with E-state index in [0.29, 0.717) is 5.56 Å². The number of primary amides is 1. The van der Waals surface area contributed by atoms with Gasteiger partial charge in [-0.25, -0.2) is 4.79 Å². The SMILES string of the molecule is NC(=O)CCC(NC(=O)CNC(=O)C(Cc1ccccc1)NC(=O)C(N)CCC(=O)O)C(=O)O. The van der Waals surface area contributed by atoms with Crippen molar-refractivity contribution in [1.29, 1.82) is 0 Å². The summed E-state index contributed by atoms with van der Waals surface area (Å²) >= 11 is 0. The maximum atomic E-state index is 12.7. The van der Waals surface area contributed by atoms with Crippen LogP contribution in [-0.4, -0.2) is 70.5 Å². The molecule has 0 fully saturated rings. The highest BCUT2D eigenvalue weighted by Crippen LogP contribution is 2.05. The van der Waals surface area contributed by atoms with E-state index in [4.69, 9.17) is 21.7 Å². The van der Waals surface area contributed by atoms with Gasteiger partial charge in [-0.3, -0.25) is 24.0 Å². The Morgan fingerprint density at radius 2 is 1.50 bits per heavy atom. The minimum atomic E-state index is -1.37. The molecule has 0 spiro atoms. The second-order valence-corrected chi connectivity index (χ2v) is 7.47. The lowest BCUT2D eigenvalue weighted by Gasteiger charge is -2.21. The van der Waals surface area contributed by atoms with Gasteiger partial charge >= 0.3 is 11.9 Å². The summed E-state index contributed by atoms with van der Waals surface area (Å²) in [5.74, 6) is -5.52. The van der Waals surface area contributed by atoms with Gasteiger partial charge < -0.3 is 37.6 Å². The molecule has 4 amide bonds. The van der Waals surface area contributed by atoms with Crippen molar-refractivity contribution in [1.82, 2.24) is 16.0 Å². The van der Waals surface area contributed by atoms with Gasteiger partial charge in [0.25, 0.3) is 0 Å². The summed E-state index contributed by atoms with van der Waals surface area (Å²) in [5.41, 5.74) is 11.4. The number of aliphatic carboxylic acids is 2. The molecule has 1 aromatic rings. The van der Waals surface area contributed by atoms with Crippen LogP contribution in [0.15, 0.2) is 30.3 Å². The van der Waals surface area contributed by atoms with Crippen LogP contribution in [0.3, 0.4) is 0 Å². The van der Waals surface area contributed by atoms with Crippen LogP contribution in [0.25, 0.3) is 0 Å². The van der Waals surface area contributed by atoms with Crippen LogP contribution in [-0.2, 0) is 35.2 Å². The highest BCUT2D eigenvalue weighted by atomic mass is 16.4. The van der Waals surface area contributed by atoms with E-state index >= 15 is 0 Å². The third kappa shape index (κ3) is 11.0. The number of nitrogens with two attached hydrogens (primary N) is 2. The Morgan fingerprint density at radius 1 is 0.853 bits per heavy atom. The molecule has 0 aliphatic rings. The molecule has 186 valence electrons. The van der Waals surface area contributed by atoms with Gasteiger partial charge in [-0.05, 0) is 18.4 Å². The zero-order chi connectivity index (χ0) is 25.7. The third-order valence-corrected chi connectivity index (χ3v) is 4.66. The molecule has 0 saturated carbocycles. The highest BCUT2D eigenvalue weighted by Gasteiger charge is 2.26. The van der Waals surface area contributed by atoms with Gasteiger partial charge in [0.2, 0.25) is 23.6 Å². The summed E-state index contributed by atoms with van der Waals surface area (Å²) in [6.07, 6.45) is -0.875. The Hall–Kier alpha value is -4.00. The normalized spacial score (nSPS) is 13.1. The molecule has 1 aromatic carbocycles. The molecule has 0 radical (unpaired) electrons. The molecule has 13 heteroatoms. The van der Waals surface area contributed by atoms with Crippen molar-refractivity contribution in [3.63, 3.8) is 0 Å². The van der Waals surface area contributed by atoms with Crippen molar-refractivity contribution in [2.45, 2.75) is 50.2 Å². The van der Waals surface area contributed by atoms with E-state index in [1.807, 2.05) is 0 Å². The number of amides is 4. The molecule has 3 unspecified atom stereocenters. The molecule has 0 aliphatic heterocycles. The van der Waals surface area contributed by atoms with Gasteiger partial charge in [-0.15, -0.1) is 0 Å². The predicted molar refractivity (Wildman–Crippen MR) is 118 cm³/mol. The van der Waals surface area contributed by atoms with Crippen molar-refractivity contribution in [2.75, 3.05) is 6.54 Å². The first-order chi connectivity index (χ1) is 16.0. The Balaban J connectivity index is 2.77. The van der Waals surface area contributed by atoms with Crippen LogP contribution < -0.4 is 27.4 Å². The van der Waals surface area contributed by atoms with E-state index in [9.17, 15) is 28.8 Å². The van der Waals surface area contributed by atoms with E-state index in [1.165, 1.54) is 0 Å². The smallest absolute Gasteiger partial charge is 0.326 e. The first kappa shape index (κ1) is 28.0. The monoisotopic (exact) mass is 479 g/mol. The standard InChI is InChI=1S/C21H29N5O8/c22-13(6-9-18(29)30)19(31)26-15(10-12-4-2-1-3-5-12)20(32)24-11-17(28)25-14(21(33)34)7-8-16(23)27/h1-5,13-15H,6-11,22H2,(H2,23,27)(H,24,32)(H,25,28)(H,26,31)(H,29,30)(H,33,34). The van der Waals surface area contributed by atoms with E-state index < -0.39 is 60.2 Å². The number of benzene rings is 1. The first-order valence-corrected chi connectivity index (χ1v) is 10.4. The predicted octanol–water partition coefficient (Wildman–Crippen LogP) is -2.14. The molecule has 9 N–H and O–H groups in total. The second kappa shape index (κ2) is 14.2. The van der Waals surface area contributed by atoms with E-state index in [0.717, 1.165) is 0 Å². The molecule has 13 nitrogen and oxygen atoms in total. The third-order valence-electron chi connectivity index (χ3n) is 4.66. The summed E-state index contributed by atoms with van der Waals surface area (Å²) in [6.45, 7) is -0.592. The van der Waals surface area contributed by atoms with Crippen LogP contribution in [0, 0.1) is 0 Å². The number of carboxylic acid groups (broad SMARTS) is 2. The van der Waals surface area contributed by atoms with Gasteiger partial charge in [0.05, 0.1) is 12.6 Å². The number of hydrogen-bond acceptors (Lipinski definition) is 7. The molecule has 0 heterocycles. The van der Waals surface area contributed by atoms with Crippen LogP contribution in [0.2, 0.25) is 0 Å². The number of carbonyl (C=O) groups excluding carboxylic acids is 4. The van der Waals surface area contributed by atoms with Gasteiger partial charge in [-0.2, -0.15) is 0 Å². The lowest BCUT2D eigenvalue weighted by molar-refractivity contribution is -0.142. The van der Waals surface area contributed by atoms with E-state index in [-0.39, 0.29) is 32.1 Å². The highest BCUT2D eigenvalue weighted by molar-refractivity contribution is 5.93. The zero-order valence-corrected chi connectivity index (χ0v) is 18.4.